The van der Waals surface area contributed by atoms with Crippen molar-refractivity contribution < 1.29 is 4.79 Å². The molecule has 2 unspecified atom stereocenters. The lowest BCUT2D eigenvalue weighted by atomic mass is 9.91. The van der Waals surface area contributed by atoms with Crippen molar-refractivity contribution in [3.05, 3.63) is 0 Å². The summed E-state index contributed by atoms with van der Waals surface area (Å²) in [6, 6.07) is 1.11. The zero-order valence-corrected chi connectivity index (χ0v) is 11.9. The van der Waals surface area contributed by atoms with Gasteiger partial charge in [0.2, 0.25) is 5.91 Å². The molecular weight excluding hydrogens is 226 g/mol. The summed E-state index contributed by atoms with van der Waals surface area (Å²) in [5.41, 5.74) is 5.84. The van der Waals surface area contributed by atoms with E-state index < -0.39 is 0 Å². The first kappa shape index (κ1) is 13.8. The second-order valence-corrected chi connectivity index (χ2v) is 6.40. The van der Waals surface area contributed by atoms with Crippen LogP contribution in [0.5, 0.6) is 0 Å². The molecule has 0 aliphatic carbocycles. The third-order valence-electron chi connectivity index (χ3n) is 4.78. The Morgan fingerprint density at radius 2 is 1.89 bits per heavy atom. The molecule has 3 atom stereocenters. The summed E-state index contributed by atoms with van der Waals surface area (Å²) in [6.45, 7) is 4.78. The fourth-order valence-corrected chi connectivity index (χ4v) is 3.36. The standard InChI is InChI=1S/C14H27N3O/c1-9(2)13(15)14(18)16-8-10-6-11-4-5-12(7-10)17(11)3/h9-13H,4-8,15H2,1-3H3,(H,16,18)/t10?,11?,12?,13-/m0/s1. The Morgan fingerprint density at radius 3 is 2.39 bits per heavy atom. The summed E-state index contributed by atoms with van der Waals surface area (Å²) in [4.78, 5) is 14.3. The minimum atomic E-state index is -0.368. The normalized spacial score (nSPS) is 33.7. The number of carbonyl (C=O) groups is 1. The minimum Gasteiger partial charge on any atom is -0.354 e. The van der Waals surface area contributed by atoms with E-state index in [1.54, 1.807) is 0 Å². The average molecular weight is 253 g/mol. The molecule has 3 N–H and O–H groups in total. The van der Waals surface area contributed by atoms with Crippen LogP contribution in [-0.4, -0.2) is 42.5 Å². The summed E-state index contributed by atoms with van der Waals surface area (Å²) < 4.78 is 0. The van der Waals surface area contributed by atoms with Crippen LogP contribution in [-0.2, 0) is 4.79 Å². The Labute approximate surface area is 110 Å². The van der Waals surface area contributed by atoms with Crippen LogP contribution in [0, 0.1) is 11.8 Å². The number of nitrogens with zero attached hydrogens (tertiary/aromatic N) is 1. The lowest BCUT2D eigenvalue weighted by Crippen LogP contribution is -2.48. The van der Waals surface area contributed by atoms with E-state index in [4.69, 9.17) is 5.73 Å². The molecule has 4 heteroatoms. The van der Waals surface area contributed by atoms with Crippen molar-refractivity contribution in [3.8, 4) is 0 Å². The van der Waals surface area contributed by atoms with Gasteiger partial charge in [-0.2, -0.15) is 0 Å². The van der Waals surface area contributed by atoms with Gasteiger partial charge in [0.05, 0.1) is 6.04 Å². The summed E-state index contributed by atoms with van der Waals surface area (Å²) in [6.07, 6.45) is 5.11. The SMILES string of the molecule is CC(C)[C@H](N)C(=O)NCC1CC2CCC(C1)N2C. The molecule has 0 aromatic heterocycles. The first-order valence-corrected chi connectivity index (χ1v) is 7.24. The number of carbonyl (C=O) groups excluding carboxylic acids is 1. The van der Waals surface area contributed by atoms with Gasteiger partial charge in [-0.1, -0.05) is 13.8 Å². The maximum Gasteiger partial charge on any atom is 0.237 e. The van der Waals surface area contributed by atoms with Crippen LogP contribution in [0.1, 0.15) is 39.5 Å². The highest BCUT2D eigenvalue weighted by atomic mass is 16.2. The van der Waals surface area contributed by atoms with Crippen LogP contribution in [0.15, 0.2) is 0 Å². The van der Waals surface area contributed by atoms with E-state index in [2.05, 4.69) is 17.3 Å². The third kappa shape index (κ3) is 2.86. The number of rotatable bonds is 4. The molecule has 4 nitrogen and oxygen atoms in total. The van der Waals surface area contributed by atoms with Gasteiger partial charge in [0.15, 0.2) is 0 Å². The average Bonchev–Trinajstić information content (AvgIpc) is 2.56. The molecule has 2 fully saturated rings. The van der Waals surface area contributed by atoms with Crippen LogP contribution < -0.4 is 11.1 Å². The van der Waals surface area contributed by atoms with E-state index in [1.807, 2.05) is 13.8 Å². The first-order chi connectivity index (χ1) is 8.49. The number of nitrogens with one attached hydrogen (secondary N) is 1. The van der Waals surface area contributed by atoms with Crippen LogP contribution in [0.3, 0.4) is 0 Å². The van der Waals surface area contributed by atoms with Crippen molar-refractivity contribution in [2.75, 3.05) is 13.6 Å². The fraction of sp³-hybridized carbons (Fsp3) is 0.929. The quantitative estimate of drug-likeness (QED) is 0.784. The Bertz CT molecular complexity index is 291. The van der Waals surface area contributed by atoms with Crippen LogP contribution >= 0.6 is 0 Å². The van der Waals surface area contributed by atoms with Gasteiger partial charge in [-0.3, -0.25) is 4.79 Å². The van der Waals surface area contributed by atoms with E-state index in [-0.39, 0.29) is 17.9 Å². The van der Waals surface area contributed by atoms with Gasteiger partial charge in [0, 0.05) is 18.6 Å². The molecule has 1 amide bonds. The smallest absolute Gasteiger partial charge is 0.237 e. The second-order valence-electron chi connectivity index (χ2n) is 6.40. The lowest BCUT2D eigenvalue weighted by Gasteiger charge is -2.36. The molecular formula is C14H27N3O. The van der Waals surface area contributed by atoms with Crippen molar-refractivity contribution in [2.45, 2.75) is 57.7 Å². The number of fused-ring (bicyclic) bond motifs is 2. The zero-order chi connectivity index (χ0) is 13.3. The molecule has 104 valence electrons. The van der Waals surface area contributed by atoms with Gasteiger partial charge < -0.3 is 16.0 Å². The third-order valence-corrected chi connectivity index (χ3v) is 4.78. The Hall–Kier alpha value is -0.610. The molecule has 2 heterocycles. The van der Waals surface area contributed by atoms with Gasteiger partial charge in [-0.25, -0.2) is 0 Å². The number of piperidine rings is 1. The molecule has 2 bridgehead atoms. The number of amides is 1. The Kier molecular flexibility index (Phi) is 4.28. The fourth-order valence-electron chi connectivity index (χ4n) is 3.36. The summed E-state index contributed by atoms with van der Waals surface area (Å²) in [7, 11) is 2.24. The van der Waals surface area contributed by atoms with Crippen molar-refractivity contribution in [2.24, 2.45) is 17.6 Å². The summed E-state index contributed by atoms with van der Waals surface area (Å²) in [5, 5.41) is 3.03. The van der Waals surface area contributed by atoms with E-state index >= 15 is 0 Å². The van der Waals surface area contributed by atoms with Gasteiger partial charge in [0.1, 0.15) is 0 Å². The Morgan fingerprint density at radius 1 is 1.33 bits per heavy atom. The molecule has 0 aromatic rings. The molecule has 18 heavy (non-hydrogen) atoms. The molecule has 0 aromatic carbocycles. The van der Waals surface area contributed by atoms with Crippen molar-refractivity contribution in [1.29, 1.82) is 0 Å². The van der Waals surface area contributed by atoms with E-state index in [1.165, 1.54) is 25.7 Å². The van der Waals surface area contributed by atoms with Gasteiger partial charge >= 0.3 is 0 Å². The molecule has 2 saturated heterocycles. The lowest BCUT2D eigenvalue weighted by molar-refractivity contribution is -0.123. The summed E-state index contributed by atoms with van der Waals surface area (Å²) >= 11 is 0. The van der Waals surface area contributed by atoms with Gasteiger partial charge in [0.25, 0.3) is 0 Å². The van der Waals surface area contributed by atoms with E-state index in [9.17, 15) is 4.79 Å². The van der Waals surface area contributed by atoms with Crippen molar-refractivity contribution in [1.82, 2.24) is 10.2 Å². The molecule has 2 aliphatic rings. The maximum atomic E-state index is 11.8. The van der Waals surface area contributed by atoms with Crippen molar-refractivity contribution >= 4 is 5.91 Å². The topological polar surface area (TPSA) is 58.4 Å². The monoisotopic (exact) mass is 253 g/mol. The first-order valence-electron chi connectivity index (χ1n) is 7.24. The predicted octanol–water partition coefficient (Wildman–Crippen LogP) is 0.959. The van der Waals surface area contributed by atoms with Crippen LogP contribution in [0.4, 0.5) is 0 Å². The Balaban J connectivity index is 1.77. The highest BCUT2D eigenvalue weighted by molar-refractivity contribution is 5.81. The molecule has 0 saturated carbocycles. The van der Waals surface area contributed by atoms with E-state index in [0.717, 1.165) is 18.6 Å². The highest BCUT2D eigenvalue weighted by Gasteiger charge is 2.38. The predicted molar refractivity (Wildman–Crippen MR) is 73.1 cm³/mol. The van der Waals surface area contributed by atoms with Gasteiger partial charge in [-0.15, -0.1) is 0 Å². The number of nitrogens with two attached hydrogens (primary N) is 1. The molecule has 2 aliphatic heterocycles. The van der Waals surface area contributed by atoms with E-state index in [0.29, 0.717) is 5.92 Å². The van der Waals surface area contributed by atoms with Crippen molar-refractivity contribution in [3.63, 3.8) is 0 Å². The molecule has 2 rings (SSSR count). The summed E-state index contributed by atoms with van der Waals surface area (Å²) in [5.74, 6) is 0.858. The number of hydrogen-bond donors (Lipinski definition) is 2. The maximum absolute atomic E-state index is 11.8. The largest absolute Gasteiger partial charge is 0.354 e. The molecule has 0 spiro atoms. The minimum absolute atomic E-state index is 0.0104. The van der Waals surface area contributed by atoms with Crippen LogP contribution in [0.2, 0.25) is 0 Å². The number of hydrogen-bond acceptors (Lipinski definition) is 3. The zero-order valence-electron chi connectivity index (χ0n) is 11.9. The van der Waals surface area contributed by atoms with Crippen LogP contribution in [0.25, 0.3) is 0 Å². The highest BCUT2D eigenvalue weighted by Crippen LogP contribution is 2.36. The second kappa shape index (κ2) is 5.57. The molecule has 0 radical (unpaired) electrons. The van der Waals surface area contributed by atoms with Gasteiger partial charge in [-0.05, 0) is 44.6 Å².